The minimum atomic E-state index is -3.49. The molecule has 0 radical (unpaired) electrons. The molecule has 1 fully saturated rings. The van der Waals surface area contributed by atoms with Crippen LogP contribution in [0.25, 0.3) is 0 Å². The Morgan fingerprint density at radius 3 is 2.89 bits per heavy atom. The van der Waals surface area contributed by atoms with Gasteiger partial charge in [-0.05, 0) is 37.9 Å². The fraction of sp³-hybridized carbons (Fsp3) is 0.667. The second kappa shape index (κ2) is 6.51. The van der Waals surface area contributed by atoms with E-state index in [0.29, 0.717) is 18.9 Å². The van der Waals surface area contributed by atoms with Crippen LogP contribution in [0.3, 0.4) is 0 Å². The molecule has 1 heterocycles. The summed E-state index contributed by atoms with van der Waals surface area (Å²) in [6.07, 6.45) is 2.59. The van der Waals surface area contributed by atoms with E-state index in [-0.39, 0.29) is 5.09 Å². The molecule has 0 aromatic carbocycles. The molecule has 0 spiro atoms. The molecule has 6 nitrogen and oxygen atoms in total. The number of hydrogen-bond acceptors (Lipinski definition) is 5. The van der Waals surface area contributed by atoms with E-state index < -0.39 is 10.0 Å². The highest BCUT2D eigenvalue weighted by Gasteiger charge is 2.20. The average molecular weight is 288 g/mol. The molecular weight excluding hydrogens is 268 g/mol. The summed E-state index contributed by atoms with van der Waals surface area (Å²) >= 11 is 0. The Hall–Kier alpha value is -0.890. The van der Waals surface area contributed by atoms with Crippen molar-refractivity contribution >= 4 is 10.0 Å². The van der Waals surface area contributed by atoms with Crippen molar-refractivity contribution in [1.82, 2.24) is 10.0 Å². The number of sulfonamides is 1. The number of furan rings is 1. The predicted octanol–water partition coefficient (Wildman–Crippen LogP) is 0.704. The van der Waals surface area contributed by atoms with Crippen molar-refractivity contribution in [3.8, 4) is 0 Å². The van der Waals surface area contributed by atoms with Crippen LogP contribution < -0.4 is 10.0 Å². The fourth-order valence-electron chi connectivity index (χ4n) is 1.59. The molecule has 1 aliphatic carbocycles. The topological polar surface area (TPSA) is 80.6 Å². The Kier molecular flexibility index (Phi) is 4.98. The second-order valence-corrected chi connectivity index (χ2v) is 6.44. The van der Waals surface area contributed by atoms with E-state index in [1.54, 1.807) is 6.07 Å². The highest BCUT2D eigenvalue weighted by molar-refractivity contribution is 7.89. The number of ether oxygens (including phenoxy) is 1. The summed E-state index contributed by atoms with van der Waals surface area (Å²) in [7, 11) is -2.13. The first-order chi connectivity index (χ1) is 9.12. The maximum Gasteiger partial charge on any atom is 0.273 e. The third-order valence-corrected chi connectivity index (χ3v) is 4.23. The molecule has 0 unspecified atom stereocenters. The van der Waals surface area contributed by atoms with E-state index in [9.17, 15) is 8.42 Å². The van der Waals surface area contributed by atoms with Crippen LogP contribution in [0, 0.1) is 5.92 Å². The van der Waals surface area contributed by atoms with Crippen LogP contribution in [0.4, 0.5) is 0 Å². The second-order valence-electron chi connectivity index (χ2n) is 4.62. The first kappa shape index (κ1) is 14.5. The number of hydrogen-bond donors (Lipinski definition) is 2. The number of rotatable bonds is 9. The van der Waals surface area contributed by atoms with Gasteiger partial charge in [-0.15, -0.1) is 0 Å². The largest absolute Gasteiger partial charge is 0.447 e. The molecule has 0 bridgehead atoms. The van der Waals surface area contributed by atoms with Crippen LogP contribution in [-0.4, -0.2) is 35.2 Å². The van der Waals surface area contributed by atoms with Gasteiger partial charge in [-0.3, -0.25) is 0 Å². The first-order valence-electron chi connectivity index (χ1n) is 6.42. The maximum absolute atomic E-state index is 11.5. The van der Waals surface area contributed by atoms with Crippen molar-refractivity contribution in [2.75, 3.05) is 26.8 Å². The standard InChI is InChI=1S/C12H20N2O4S/c1-13-19(15,16)12-5-4-11(18-12)8-14-6-7-17-9-10-2-3-10/h4-5,10,13-14H,2-3,6-9H2,1H3. The Balaban J connectivity index is 1.65. The molecule has 1 aliphatic rings. The van der Waals surface area contributed by atoms with Gasteiger partial charge in [-0.25, -0.2) is 13.1 Å². The summed E-state index contributed by atoms with van der Waals surface area (Å²) in [5.74, 6) is 1.37. The van der Waals surface area contributed by atoms with Crippen LogP contribution in [0.2, 0.25) is 0 Å². The first-order valence-corrected chi connectivity index (χ1v) is 7.91. The lowest BCUT2D eigenvalue weighted by atomic mass is 10.4. The van der Waals surface area contributed by atoms with Gasteiger partial charge in [0, 0.05) is 13.2 Å². The van der Waals surface area contributed by atoms with Crippen LogP contribution in [0.5, 0.6) is 0 Å². The third kappa shape index (κ3) is 4.61. The minimum Gasteiger partial charge on any atom is -0.447 e. The Morgan fingerprint density at radius 1 is 1.42 bits per heavy atom. The van der Waals surface area contributed by atoms with Gasteiger partial charge in [0.1, 0.15) is 5.76 Å². The van der Waals surface area contributed by atoms with E-state index in [4.69, 9.17) is 9.15 Å². The van der Waals surface area contributed by atoms with E-state index in [1.807, 2.05) is 0 Å². The van der Waals surface area contributed by atoms with Crippen molar-refractivity contribution in [1.29, 1.82) is 0 Å². The van der Waals surface area contributed by atoms with Gasteiger partial charge in [-0.2, -0.15) is 0 Å². The van der Waals surface area contributed by atoms with Crippen LogP contribution in [-0.2, 0) is 21.3 Å². The number of nitrogens with one attached hydrogen (secondary N) is 2. The SMILES string of the molecule is CNS(=O)(=O)c1ccc(CNCCOCC2CC2)o1. The molecule has 0 saturated heterocycles. The Morgan fingerprint density at radius 2 is 2.21 bits per heavy atom. The summed E-state index contributed by atoms with van der Waals surface area (Å²) < 4.78 is 35.8. The fourth-order valence-corrected chi connectivity index (χ4v) is 2.25. The molecule has 2 rings (SSSR count). The summed E-state index contributed by atoms with van der Waals surface area (Å²) in [4.78, 5) is 0. The summed E-state index contributed by atoms with van der Waals surface area (Å²) in [5, 5.41) is 3.09. The van der Waals surface area contributed by atoms with Gasteiger partial charge in [0.2, 0.25) is 5.09 Å². The van der Waals surface area contributed by atoms with Crippen LogP contribution >= 0.6 is 0 Å². The smallest absolute Gasteiger partial charge is 0.273 e. The third-order valence-electron chi connectivity index (χ3n) is 2.94. The molecule has 2 N–H and O–H groups in total. The van der Waals surface area contributed by atoms with Crippen LogP contribution in [0.15, 0.2) is 21.6 Å². The maximum atomic E-state index is 11.5. The van der Waals surface area contributed by atoms with Crippen LogP contribution in [0.1, 0.15) is 18.6 Å². The van der Waals surface area contributed by atoms with E-state index in [0.717, 1.165) is 19.1 Å². The van der Waals surface area contributed by atoms with Gasteiger partial charge >= 0.3 is 0 Å². The monoisotopic (exact) mass is 288 g/mol. The van der Waals surface area contributed by atoms with Crippen molar-refractivity contribution < 1.29 is 17.6 Å². The molecule has 108 valence electrons. The molecule has 1 aromatic heterocycles. The predicted molar refractivity (Wildman–Crippen MR) is 70.2 cm³/mol. The van der Waals surface area contributed by atoms with Crippen molar-refractivity contribution in [2.24, 2.45) is 5.92 Å². The molecule has 1 saturated carbocycles. The highest BCUT2D eigenvalue weighted by Crippen LogP contribution is 2.28. The molecule has 19 heavy (non-hydrogen) atoms. The normalized spacial score (nSPS) is 15.8. The van der Waals surface area contributed by atoms with Crippen molar-refractivity contribution in [2.45, 2.75) is 24.5 Å². The van der Waals surface area contributed by atoms with Crippen molar-refractivity contribution in [3.63, 3.8) is 0 Å². The van der Waals surface area contributed by atoms with E-state index in [2.05, 4.69) is 10.0 Å². The zero-order valence-electron chi connectivity index (χ0n) is 11.0. The minimum absolute atomic E-state index is 0.0585. The Bertz CT molecular complexity index is 494. The Labute approximate surface area is 113 Å². The van der Waals surface area contributed by atoms with Gasteiger partial charge in [0.25, 0.3) is 10.0 Å². The van der Waals surface area contributed by atoms with Gasteiger partial charge in [-0.1, -0.05) is 0 Å². The summed E-state index contributed by atoms with van der Waals surface area (Å²) in [6, 6.07) is 3.11. The molecule has 0 aliphatic heterocycles. The lowest BCUT2D eigenvalue weighted by molar-refractivity contribution is 0.125. The summed E-state index contributed by atoms with van der Waals surface area (Å²) in [6.45, 7) is 2.74. The van der Waals surface area contributed by atoms with Gasteiger partial charge in [0.15, 0.2) is 0 Å². The van der Waals surface area contributed by atoms with Gasteiger partial charge < -0.3 is 14.5 Å². The van der Waals surface area contributed by atoms with E-state index >= 15 is 0 Å². The molecule has 0 atom stereocenters. The zero-order valence-corrected chi connectivity index (χ0v) is 11.8. The quantitative estimate of drug-likeness (QED) is 0.654. The lowest BCUT2D eigenvalue weighted by Gasteiger charge is -2.04. The van der Waals surface area contributed by atoms with Gasteiger partial charge in [0.05, 0.1) is 13.2 Å². The zero-order chi connectivity index (χ0) is 13.7. The average Bonchev–Trinajstić information content (AvgIpc) is 3.09. The molecular formula is C12H20N2O4S. The summed E-state index contributed by atoms with van der Waals surface area (Å²) in [5.41, 5.74) is 0. The highest BCUT2D eigenvalue weighted by atomic mass is 32.2. The van der Waals surface area contributed by atoms with E-state index in [1.165, 1.54) is 26.0 Å². The van der Waals surface area contributed by atoms with Crippen molar-refractivity contribution in [3.05, 3.63) is 17.9 Å². The lowest BCUT2D eigenvalue weighted by Crippen LogP contribution is -2.20. The molecule has 7 heteroatoms. The molecule has 1 aromatic rings. The molecule has 0 amide bonds.